The Hall–Kier alpha value is -6.36. The maximum absolute atomic E-state index is 2.78. The van der Waals surface area contributed by atoms with Crippen molar-refractivity contribution in [2.24, 2.45) is 0 Å². The Morgan fingerprint density at radius 2 is 1.26 bits per heavy atom. The fourth-order valence-electron chi connectivity index (χ4n) is 12.2. The van der Waals surface area contributed by atoms with Gasteiger partial charge in [0.2, 0.25) is 0 Å². The number of benzene rings is 8. The van der Waals surface area contributed by atoms with E-state index in [0.29, 0.717) is 0 Å². The molecule has 4 heterocycles. The molecular formula is C58H47BN2S. The van der Waals surface area contributed by atoms with Gasteiger partial charge in [0, 0.05) is 54.1 Å². The van der Waals surface area contributed by atoms with Gasteiger partial charge in [-0.25, -0.2) is 0 Å². The average molecular weight is 815 g/mol. The van der Waals surface area contributed by atoms with Crippen molar-refractivity contribution in [3.8, 4) is 33.4 Å². The molecule has 2 nitrogen and oxygen atoms in total. The molecule has 0 atom stereocenters. The topological polar surface area (TPSA) is 6.48 Å². The monoisotopic (exact) mass is 814 g/mol. The lowest BCUT2D eigenvalue weighted by Crippen LogP contribution is -2.63. The molecule has 0 unspecified atom stereocenters. The van der Waals surface area contributed by atoms with Gasteiger partial charge in [-0.2, -0.15) is 0 Å². The smallest absolute Gasteiger partial charge is 0.333 e. The van der Waals surface area contributed by atoms with E-state index in [2.05, 4.69) is 202 Å². The van der Waals surface area contributed by atoms with Gasteiger partial charge in [0.1, 0.15) is 0 Å². The van der Waals surface area contributed by atoms with E-state index in [4.69, 9.17) is 0 Å². The first-order chi connectivity index (χ1) is 30.3. The number of hydrogen-bond donors (Lipinski definition) is 0. The van der Waals surface area contributed by atoms with Crippen LogP contribution in [-0.4, -0.2) is 6.85 Å². The molecule has 0 N–H and O–H groups in total. The predicted molar refractivity (Wildman–Crippen MR) is 267 cm³/mol. The number of hydrogen-bond acceptors (Lipinski definition) is 3. The summed E-state index contributed by atoms with van der Waals surface area (Å²) in [6.45, 7) is 12.0. The third-order valence-electron chi connectivity index (χ3n) is 15.0. The van der Waals surface area contributed by atoms with Crippen LogP contribution in [-0.2, 0) is 17.3 Å². The zero-order chi connectivity index (χ0) is 41.6. The number of nitrogens with zero attached hydrogens (tertiary/aromatic N) is 2. The highest BCUT2D eigenvalue weighted by atomic mass is 32.1. The van der Waals surface area contributed by atoms with Crippen LogP contribution in [0.3, 0.4) is 0 Å². The lowest BCUT2D eigenvalue weighted by Gasteiger charge is -2.52. The van der Waals surface area contributed by atoms with Crippen LogP contribution in [0.5, 0.6) is 0 Å². The molecule has 3 aliphatic heterocycles. The predicted octanol–water partition coefficient (Wildman–Crippen LogP) is 14.7. The molecule has 0 amide bonds. The maximum atomic E-state index is 2.78. The van der Waals surface area contributed by atoms with Crippen LogP contribution in [0.25, 0.3) is 53.6 Å². The van der Waals surface area contributed by atoms with Crippen LogP contribution in [0, 0.1) is 0 Å². The van der Waals surface area contributed by atoms with Gasteiger partial charge in [0.25, 0.3) is 0 Å². The Kier molecular flexibility index (Phi) is 7.52. The second-order valence-corrected chi connectivity index (χ2v) is 20.1. The Morgan fingerprint density at radius 1 is 0.532 bits per heavy atom. The van der Waals surface area contributed by atoms with Crippen LogP contribution in [0.15, 0.2) is 158 Å². The summed E-state index contributed by atoms with van der Waals surface area (Å²) in [6.07, 6.45) is 3.42. The van der Waals surface area contributed by atoms with Crippen LogP contribution in [0.1, 0.15) is 75.3 Å². The number of fused-ring (bicyclic) bond motifs is 14. The molecule has 9 aromatic rings. The van der Waals surface area contributed by atoms with Gasteiger partial charge in [-0.3, -0.25) is 0 Å². The Labute approximate surface area is 369 Å². The van der Waals surface area contributed by atoms with Crippen LogP contribution >= 0.6 is 11.3 Å². The molecule has 13 rings (SSSR count). The van der Waals surface area contributed by atoms with Crippen molar-refractivity contribution in [3.05, 3.63) is 186 Å². The van der Waals surface area contributed by atoms with Crippen molar-refractivity contribution >= 4 is 77.7 Å². The minimum atomic E-state index is -0.212. The molecule has 0 spiro atoms. The normalized spacial score (nSPS) is 15.5. The summed E-state index contributed by atoms with van der Waals surface area (Å²) in [5.41, 5.74) is 23.9. The molecule has 1 aliphatic carbocycles. The zero-order valence-electron chi connectivity index (χ0n) is 36.0. The van der Waals surface area contributed by atoms with Gasteiger partial charge >= 0.3 is 6.85 Å². The van der Waals surface area contributed by atoms with Crippen molar-refractivity contribution in [3.63, 3.8) is 0 Å². The van der Waals surface area contributed by atoms with Crippen molar-refractivity contribution in [2.75, 3.05) is 9.71 Å². The number of thiophene rings is 1. The van der Waals surface area contributed by atoms with Gasteiger partial charge in [-0.05, 0) is 127 Å². The minimum Gasteiger partial charge on any atom is -0.376 e. The molecule has 4 aliphatic rings. The summed E-state index contributed by atoms with van der Waals surface area (Å²) in [7, 11) is 0. The minimum absolute atomic E-state index is 0.0762. The van der Waals surface area contributed by atoms with Crippen molar-refractivity contribution in [1.29, 1.82) is 0 Å². The van der Waals surface area contributed by atoms with E-state index >= 15 is 0 Å². The lowest BCUT2D eigenvalue weighted by atomic mass is 9.41. The lowest BCUT2D eigenvalue weighted by molar-refractivity contribution is 0.633. The highest BCUT2D eigenvalue weighted by molar-refractivity contribution is 7.26. The number of para-hydroxylation sites is 2. The summed E-state index contributed by atoms with van der Waals surface area (Å²) in [4.78, 5) is 5.47. The third-order valence-corrected chi connectivity index (χ3v) is 16.1. The molecule has 0 radical (unpaired) electrons. The quantitative estimate of drug-likeness (QED) is 0.160. The van der Waals surface area contributed by atoms with Crippen molar-refractivity contribution in [2.45, 2.75) is 64.7 Å². The Morgan fingerprint density at radius 3 is 2.11 bits per heavy atom. The van der Waals surface area contributed by atoms with Gasteiger partial charge in [0.15, 0.2) is 0 Å². The van der Waals surface area contributed by atoms with Crippen LogP contribution in [0.2, 0.25) is 0 Å². The standard InChI is InChI=1S/C58H47BN2S/c1-6-7-18-35-29-30-45(40(33-35)36-19-9-8-10-20-36)60-47-31-32-50-51(38-22-12-16-28-49(38)62-50)54(47)59-55-48(60)34-41-37-21-11-13-24-42(37)58(4,5)53(41)52(55)39-23-17-26-44-56(39)61(59)46-27-15-14-25-43(46)57(44,2)3/h8-17,19-34H,6-7,18H2,1-5H3. The number of rotatable bonds is 5. The first-order valence-corrected chi connectivity index (χ1v) is 23.4. The van der Waals surface area contributed by atoms with E-state index in [-0.39, 0.29) is 17.7 Å². The van der Waals surface area contributed by atoms with Gasteiger partial charge in [-0.15, -0.1) is 11.3 Å². The number of aryl methyl sites for hydroxylation is 1. The summed E-state index contributed by atoms with van der Waals surface area (Å²) in [5.74, 6) is 0. The first-order valence-electron chi connectivity index (χ1n) is 22.5. The molecule has 0 bridgehead atoms. The van der Waals surface area contributed by atoms with Crippen LogP contribution in [0.4, 0.5) is 28.4 Å². The molecule has 4 heteroatoms. The largest absolute Gasteiger partial charge is 0.376 e. The zero-order valence-corrected chi connectivity index (χ0v) is 36.8. The van der Waals surface area contributed by atoms with Crippen molar-refractivity contribution < 1.29 is 0 Å². The summed E-state index contributed by atoms with van der Waals surface area (Å²) >= 11 is 1.93. The molecule has 298 valence electrons. The van der Waals surface area contributed by atoms with Gasteiger partial charge in [-0.1, -0.05) is 156 Å². The third kappa shape index (κ3) is 4.66. The SMILES string of the molecule is CCCCc1ccc(N2c3cc4c(c5c3B(c3c2ccc2sc6ccccc6c32)N2c3ccccc3C(C)(C)c3cccc-5c32)C(C)(C)c2ccccc2-4)c(-c2ccccc2)c1. The first kappa shape index (κ1) is 36.3. The molecule has 8 aromatic carbocycles. The van der Waals surface area contributed by atoms with Crippen molar-refractivity contribution in [1.82, 2.24) is 0 Å². The fourth-order valence-corrected chi connectivity index (χ4v) is 13.3. The summed E-state index contributed by atoms with van der Waals surface area (Å²) < 4.78 is 2.67. The highest BCUT2D eigenvalue weighted by Crippen LogP contribution is 2.61. The number of anilines is 5. The second-order valence-electron chi connectivity index (χ2n) is 19.0. The van der Waals surface area contributed by atoms with Gasteiger partial charge < -0.3 is 9.71 Å². The second kappa shape index (κ2) is 12.8. The maximum Gasteiger partial charge on any atom is 0.333 e. The van der Waals surface area contributed by atoms with E-state index < -0.39 is 0 Å². The molecule has 1 aromatic heterocycles. The van der Waals surface area contributed by atoms with E-state index in [9.17, 15) is 0 Å². The summed E-state index contributed by atoms with van der Waals surface area (Å²) in [6, 6.07) is 60.7. The molecular weight excluding hydrogens is 768 g/mol. The molecule has 62 heavy (non-hydrogen) atoms. The molecule has 0 fully saturated rings. The average Bonchev–Trinajstić information content (AvgIpc) is 3.79. The Balaban J connectivity index is 1.25. The molecule has 0 saturated carbocycles. The van der Waals surface area contributed by atoms with Crippen LogP contribution < -0.4 is 20.6 Å². The van der Waals surface area contributed by atoms with E-state index in [1.165, 1.54) is 134 Å². The number of unbranched alkanes of at least 4 members (excludes halogenated alkanes) is 1. The fraction of sp³-hybridized carbons (Fsp3) is 0.172. The summed E-state index contributed by atoms with van der Waals surface area (Å²) in [5, 5.41) is 2.72. The highest BCUT2D eigenvalue weighted by Gasteiger charge is 2.53. The van der Waals surface area contributed by atoms with E-state index in [0.717, 1.165) is 6.42 Å². The van der Waals surface area contributed by atoms with E-state index in [1.807, 2.05) is 11.3 Å². The Bertz CT molecular complexity index is 3370. The van der Waals surface area contributed by atoms with E-state index in [1.54, 1.807) is 0 Å². The molecule has 0 saturated heterocycles. The van der Waals surface area contributed by atoms with Gasteiger partial charge in [0.05, 0.1) is 5.69 Å².